The Morgan fingerprint density at radius 3 is 1.78 bits per heavy atom. The minimum Gasteiger partial charge on any atom is -0.459 e. The van der Waals surface area contributed by atoms with Crippen molar-refractivity contribution in [3.63, 3.8) is 0 Å². The predicted octanol–water partition coefficient (Wildman–Crippen LogP) is 1.01. The molecule has 1 aromatic rings. The molecule has 0 radical (unpaired) electrons. The summed E-state index contributed by atoms with van der Waals surface area (Å²) in [4.78, 5) is 11.7. The van der Waals surface area contributed by atoms with Gasteiger partial charge in [-0.05, 0) is 0 Å². The maximum absolute atomic E-state index is 5.18. The van der Waals surface area contributed by atoms with E-state index in [9.17, 15) is 0 Å². The fourth-order valence-electron chi connectivity index (χ4n) is 0.887. The summed E-state index contributed by atoms with van der Waals surface area (Å²) < 4.78 is 15.4. The molecule has 0 aliphatic carbocycles. The Labute approximate surface area is 105 Å². The van der Waals surface area contributed by atoms with Gasteiger partial charge in [-0.25, -0.2) is 0 Å². The first-order valence-electron chi connectivity index (χ1n) is 5.10. The van der Waals surface area contributed by atoms with E-state index in [-0.39, 0.29) is 37.9 Å². The lowest BCUT2D eigenvalue weighted by atomic mass is 10.7. The highest BCUT2D eigenvalue weighted by molar-refractivity contribution is 5.10. The molecule has 0 aliphatic heterocycles. The van der Waals surface area contributed by atoms with Crippen molar-refractivity contribution < 1.29 is 14.2 Å². The number of ether oxygens (including phenoxy) is 3. The van der Waals surface area contributed by atoms with Crippen LogP contribution in [-0.2, 0) is 0 Å². The molecular formula is C12H13N3O3. The molecular weight excluding hydrogens is 234 g/mol. The summed E-state index contributed by atoms with van der Waals surface area (Å²) in [6.07, 6.45) is 8.21. The van der Waals surface area contributed by atoms with Gasteiger partial charge in [0.2, 0.25) is 0 Å². The number of rotatable bonds is 8. The van der Waals surface area contributed by atoms with Crippen molar-refractivity contribution in [3.8, 4) is 30.4 Å². The Kier molecular flexibility index (Phi) is 5.77. The van der Waals surface area contributed by atoms with Crippen molar-refractivity contribution in [3.05, 3.63) is 25.3 Å². The summed E-state index contributed by atoms with van der Waals surface area (Å²) in [5.41, 5.74) is 0. The minimum absolute atomic E-state index is 0.0427. The monoisotopic (exact) mass is 247 g/mol. The Bertz CT molecular complexity index is 424. The predicted molar refractivity (Wildman–Crippen MR) is 65.5 cm³/mol. The van der Waals surface area contributed by atoms with Crippen molar-refractivity contribution in [1.82, 2.24) is 15.0 Å². The second-order valence-electron chi connectivity index (χ2n) is 2.88. The smallest absolute Gasteiger partial charge is 0.326 e. The third-order valence-corrected chi connectivity index (χ3v) is 1.52. The van der Waals surface area contributed by atoms with Gasteiger partial charge in [0.05, 0.1) is 0 Å². The van der Waals surface area contributed by atoms with Gasteiger partial charge in [-0.3, -0.25) is 0 Å². The normalized spacial score (nSPS) is 9.06. The summed E-state index contributed by atoms with van der Waals surface area (Å²) in [5.74, 6) is 2.30. The van der Waals surface area contributed by atoms with E-state index in [4.69, 9.17) is 20.6 Å². The number of hydrogen-bond acceptors (Lipinski definition) is 6. The van der Waals surface area contributed by atoms with Crippen LogP contribution in [0.5, 0.6) is 18.0 Å². The van der Waals surface area contributed by atoms with Crippen molar-refractivity contribution >= 4 is 0 Å². The lowest BCUT2D eigenvalue weighted by Crippen LogP contribution is -2.07. The first kappa shape index (κ1) is 13.5. The molecule has 1 rings (SSSR count). The molecule has 0 spiro atoms. The van der Waals surface area contributed by atoms with Crippen LogP contribution in [0.3, 0.4) is 0 Å². The SMILES string of the molecule is C#CCOc1nc(OCC=C)nc(OCC=C)n1. The molecule has 0 aliphatic rings. The molecule has 18 heavy (non-hydrogen) atoms. The van der Waals surface area contributed by atoms with Gasteiger partial charge in [-0.1, -0.05) is 31.2 Å². The van der Waals surface area contributed by atoms with Crippen LogP contribution in [0.4, 0.5) is 0 Å². The van der Waals surface area contributed by atoms with Gasteiger partial charge in [-0.15, -0.1) is 21.4 Å². The van der Waals surface area contributed by atoms with E-state index in [1.807, 2.05) is 0 Å². The molecule has 1 heterocycles. The standard InChI is InChI=1S/C12H13N3O3/c1-4-7-16-10-13-11(17-8-5-2)15-12(14-10)18-9-6-3/h1,5-6H,2-3,7-9H2. The van der Waals surface area contributed by atoms with Gasteiger partial charge >= 0.3 is 18.0 Å². The Balaban J connectivity index is 2.84. The van der Waals surface area contributed by atoms with Crippen LogP contribution in [0.1, 0.15) is 0 Å². The minimum atomic E-state index is 0.0427. The molecule has 0 unspecified atom stereocenters. The summed E-state index contributed by atoms with van der Waals surface area (Å²) in [7, 11) is 0. The highest BCUT2D eigenvalue weighted by Crippen LogP contribution is 2.14. The van der Waals surface area contributed by atoms with E-state index < -0.39 is 0 Å². The Morgan fingerprint density at radius 2 is 1.39 bits per heavy atom. The zero-order chi connectivity index (χ0) is 13.2. The third kappa shape index (κ3) is 4.53. The van der Waals surface area contributed by atoms with Gasteiger partial charge in [0.1, 0.15) is 13.2 Å². The van der Waals surface area contributed by atoms with Crippen LogP contribution < -0.4 is 14.2 Å². The molecule has 0 amide bonds. The topological polar surface area (TPSA) is 66.4 Å². The Morgan fingerprint density at radius 1 is 0.944 bits per heavy atom. The average Bonchev–Trinajstić information content (AvgIpc) is 2.40. The number of nitrogens with zero attached hydrogens (tertiary/aromatic N) is 3. The molecule has 0 saturated carbocycles. The molecule has 0 aromatic carbocycles. The maximum atomic E-state index is 5.18. The van der Waals surface area contributed by atoms with E-state index in [1.165, 1.54) is 0 Å². The lowest BCUT2D eigenvalue weighted by molar-refractivity contribution is 0.270. The number of aromatic nitrogens is 3. The molecule has 6 heteroatoms. The van der Waals surface area contributed by atoms with E-state index in [0.717, 1.165) is 0 Å². The van der Waals surface area contributed by atoms with E-state index in [1.54, 1.807) is 12.2 Å². The van der Waals surface area contributed by atoms with Crippen LogP contribution in [0, 0.1) is 12.3 Å². The molecule has 0 saturated heterocycles. The molecule has 0 fully saturated rings. The zero-order valence-corrected chi connectivity index (χ0v) is 9.83. The fraction of sp³-hybridized carbons (Fsp3) is 0.250. The summed E-state index contributed by atoms with van der Waals surface area (Å²) in [6.45, 7) is 7.62. The van der Waals surface area contributed by atoms with Gasteiger partial charge in [-0.2, -0.15) is 0 Å². The molecule has 0 atom stereocenters. The molecule has 94 valence electrons. The Hall–Kier alpha value is -2.55. The maximum Gasteiger partial charge on any atom is 0.326 e. The van der Waals surface area contributed by atoms with Gasteiger partial charge in [0.15, 0.2) is 6.61 Å². The van der Waals surface area contributed by atoms with E-state index in [0.29, 0.717) is 0 Å². The van der Waals surface area contributed by atoms with Crippen LogP contribution in [0.25, 0.3) is 0 Å². The highest BCUT2D eigenvalue weighted by atomic mass is 16.5. The first-order chi connectivity index (χ1) is 8.80. The van der Waals surface area contributed by atoms with E-state index in [2.05, 4.69) is 34.0 Å². The first-order valence-corrected chi connectivity index (χ1v) is 5.10. The van der Waals surface area contributed by atoms with Crippen molar-refractivity contribution in [2.45, 2.75) is 0 Å². The summed E-state index contributed by atoms with van der Waals surface area (Å²) >= 11 is 0. The second kappa shape index (κ2) is 7.68. The number of terminal acetylenes is 1. The van der Waals surface area contributed by atoms with Gasteiger partial charge in [0, 0.05) is 0 Å². The number of hydrogen-bond donors (Lipinski definition) is 0. The molecule has 1 aromatic heterocycles. The average molecular weight is 247 g/mol. The lowest BCUT2D eigenvalue weighted by Gasteiger charge is -2.06. The van der Waals surface area contributed by atoms with Gasteiger partial charge < -0.3 is 14.2 Å². The molecule has 0 N–H and O–H groups in total. The van der Waals surface area contributed by atoms with Crippen molar-refractivity contribution in [2.75, 3.05) is 19.8 Å². The third-order valence-electron chi connectivity index (χ3n) is 1.52. The van der Waals surface area contributed by atoms with Crippen molar-refractivity contribution in [1.29, 1.82) is 0 Å². The van der Waals surface area contributed by atoms with Crippen molar-refractivity contribution in [2.24, 2.45) is 0 Å². The summed E-state index contributed by atoms with van der Waals surface area (Å²) in [6, 6.07) is 0.202. The van der Waals surface area contributed by atoms with Crippen LogP contribution in [0.15, 0.2) is 25.3 Å². The fourth-order valence-corrected chi connectivity index (χ4v) is 0.887. The largest absolute Gasteiger partial charge is 0.459 e. The van der Waals surface area contributed by atoms with Crippen LogP contribution in [0.2, 0.25) is 0 Å². The summed E-state index contributed by atoms with van der Waals surface area (Å²) in [5, 5.41) is 0. The molecule has 0 bridgehead atoms. The van der Waals surface area contributed by atoms with Crippen LogP contribution in [-0.4, -0.2) is 34.8 Å². The van der Waals surface area contributed by atoms with Crippen LogP contribution >= 0.6 is 0 Å². The van der Waals surface area contributed by atoms with E-state index >= 15 is 0 Å². The second-order valence-corrected chi connectivity index (χ2v) is 2.88. The quantitative estimate of drug-likeness (QED) is 0.504. The highest BCUT2D eigenvalue weighted by Gasteiger charge is 2.08. The van der Waals surface area contributed by atoms with Gasteiger partial charge in [0.25, 0.3) is 0 Å². The molecule has 6 nitrogen and oxygen atoms in total. The zero-order valence-electron chi connectivity index (χ0n) is 9.83.